The molecular formula is C8H16NNaO2. The summed E-state index contributed by atoms with van der Waals surface area (Å²) in [5.41, 5.74) is 0. The van der Waals surface area contributed by atoms with Gasteiger partial charge in [-0.15, -0.1) is 0 Å². The van der Waals surface area contributed by atoms with E-state index < -0.39 is 12.0 Å². The quantitative estimate of drug-likeness (QED) is 0.349. The summed E-state index contributed by atoms with van der Waals surface area (Å²) in [7, 11) is 0. The zero-order chi connectivity index (χ0) is 8.69. The fraction of sp³-hybridized carbons (Fsp3) is 0.875. The molecule has 1 N–H and O–H groups in total. The minimum Gasteiger partial charge on any atom is -0.548 e. The maximum atomic E-state index is 10.2. The summed E-state index contributed by atoms with van der Waals surface area (Å²) in [6.07, 6.45) is 3.34. The third kappa shape index (κ3) is 8.53. The molecule has 0 aromatic rings. The van der Waals surface area contributed by atoms with Crippen LogP contribution in [0.4, 0.5) is 0 Å². The van der Waals surface area contributed by atoms with Crippen molar-refractivity contribution >= 4 is 5.97 Å². The van der Waals surface area contributed by atoms with Gasteiger partial charge < -0.3 is 15.2 Å². The number of hydrogen-bond acceptors (Lipinski definition) is 3. The van der Waals surface area contributed by atoms with Crippen molar-refractivity contribution < 1.29 is 39.5 Å². The number of nitrogens with one attached hydrogen (secondary N) is 1. The molecule has 12 heavy (non-hydrogen) atoms. The van der Waals surface area contributed by atoms with Gasteiger partial charge in [-0.25, -0.2) is 0 Å². The Morgan fingerprint density at radius 1 is 1.50 bits per heavy atom. The van der Waals surface area contributed by atoms with Crippen LogP contribution in [-0.4, -0.2) is 18.6 Å². The molecular weight excluding hydrogens is 165 g/mol. The smallest absolute Gasteiger partial charge is 0.548 e. The molecule has 0 aromatic carbocycles. The standard InChI is InChI=1S/C8H17NO2.Na/c1-3-4-5-6-9-7(2)8(10)11;/h7,9H,3-6H2,1-2H3,(H,10,11);/q;+1/p-1/t7-;/m0./s1. The first-order chi connectivity index (χ1) is 5.18. The van der Waals surface area contributed by atoms with Gasteiger partial charge in [-0.1, -0.05) is 19.8 Å². The third-order valence-corrected chi connectivity index (χ3v) is 1.58. The summed E-state index contributed by atoms with van der Waals surface area (Å²) in [6.45, 7) is 4.48. The topological polar surface area (TPSA) is 52.2 Å². The van der Waals surface area contributed by atoms with Crippen molar-refractivity contribution in [2.75, 3.05) is 6.54 Å². The third-order valence-electron chi connectivity index (χ3n) is 1.58. The summed E-state index contributed by atoms with van der Waals surface area (Å²) in [5.74, 6) is -1.03. The van der Waals surface area contributed by atoms with Crippen molar-refractivity contribution in [3.8, 4) is 0 Å². The van der Waals surface area contributed by atoms with Crippen molar-refractivity contribution in [3.05, 3.63) is 0 Å². The van der Waals surface area contributed by atoms with E-state index in [1.54, 1.807) is 6.92 Å². The summed E-state index contributed by atoms with van der Waals surface area (Å²) in [4.78, 5) is 10.2. The molecule has 4 heteroatoms. The van der Waals surface area contributed by atoms with Crippen LogP contribution in [0.25, 0.3) is 0 Å². The van der Waals surface area contributed by atoms with Crippen molar-refractivity contribution in [2.45, 2.75) is 39.2 Å². The number of carboxylic acid groups (broad SMARTS) is 1. The van der Waals surface area contributed by atoms with Gasteiger partial charge >= 0.3 is 29.6 Å². The Hall–Kier alpha value is 0.430. The van der Waals surface area contributed by atoms with Gasteiger partial charge in [0.05, 0.1) is 5.97 Å². The first kappa shape index (κ1) is 14.9. The molecule has 1 atom stereocenters. The molecule has 3 nitrogen and oxygen atoms in total. The zero-order valence-corrected chi connectivity index (χ0v) is 10.2. The van der Waals surface area contributed by atoms with E-state index in [2.05, 4.69) is 12.2 Å². The van der Waals surface area contributed by atoms with Gasteiger partial charge in [0.1, 0.15) is 0 Å². The van der Waals surface area contributed by atoms with Gasteiger partial charge in [0, 0.05) is 6.04 Å². The van der Waals surface area contributed by atoms with E-state index >= 15 is 0 Å². The maximum absolute atomic E-state index is 10.2. The molecule has 0 saturated carbocycles. The van der Waals surface area contributed by atoms with Gasteiger partial charge in [0.15, 0.2) is 0 Å². The molecule has 0 aliphatic carbocycles. The van der Waals surface area contributed by atoms with Crippen molar-refractivity contribution in [1.29, 1.82) is 0 Å². The molecule has 0 unspecified atom stereocenters. The fourth-order valence-electron chi connectivity index (χ4n) is 0.777. The van der Waals surface area contributed by atoms with Crippen LogP contribution in [0.3, 0.4) is 0 Å². The molecule has 0 rings (SSSR count). The Morgan fingerprint density at radius 3 is 2.50 bits per heavy atom. The van der Waals surface area contributed by atoms with Crippen LogP contribution in [0, 0.1) is 0 Å². The zero-order valence-electron chi connectivity index (χ0n) is 8.22. The van der Waals surface area contributed by atoms with Crippen molar-refractivity contribution in [2.24, 2.45) is 0 Å². The molecule has 0 amide bonds. The Kier molecular flexibility index (Phi) is 11.8. The monoisotopic (exact) mass is 181 g/mol. The fourth-order valence-corrected chi connectivity index (χ4v) is 0.777. The number of unbranched alkanes of at least 4 members (excludes halogenated alkanes) is 2. The molecule has 0 fully saturated rings. The van der Waals surface area contributed by atoms with Gasteiger partial charge in [-0.05, 0) is 19.9 Å². The van der Waals surface area contributed by atoms with Crippen LogP contribution in [0.1, 0.15) is 33.1 Å². The second kappa shape index (κ2) is 9.52. The van der Waals surface area contributed by atoms with Gasteiger partial charge in [0.2, 0.25) is 0 Å². The second-order valence-corrected chi connectivity index (χ2v) is 2.70. The van der Waals surface area contributed by atoms with E-state index in [4.69, 9.17) is 0 Å². The Labute approximate surface area is 96.2 Å². The normalized spacial score (nSPS) is 11.8. The van der Waals surface area contributed by atoms with E-state index in [1.165, 1.54) is 0 Å². The molecule has 0 aliphatic heterocycles. The predicted octanol–water partition coefficient (Wildman–Crippen LogP) is -3.09. The van der Waals surface area contributed by atoms with Gasteiger partial charge in [0.25, 0.3) is 0 Å². The number of hydrogen-bond donors (Lipinski definition) is 1. The molecule has 0 radical (unpaired) electrons. The van der Waals surface area contributed by atoms with Gasteiger partial charge in [-0.3, -0.25) is 0 Å². The maximum Gasteiger partial charge on any atom is 1.00 e. The largest absolute Gasteiger partial charge is 1.00 e. The Balaban J connectivity index is 0. The van der Waals surface area contributed by atoms with Crippen LogP contribution in [0.15, 0.2) is 0 Å². The number of carbonyl (C=O) groups excluding carboxylic acids is 1. The van der Waals surface area contributed by atoms with Crippen LogP contribution in [0.2, 0.25) is 0 Å². The van der Waals surface area contributed by atoms with Crippen molar-refractivity contribution in [3.63, 3.8) is 0 Å². The van der Waals surface area contributed by atoms with E-state index in [0.29, 0.717) is 0 Å². The summed E-state index contributed by atoms with van der Waals surface area (Å²) in [6, 6.07) is -0.521. The van der Waals surface area contributed by atoms with Crippen LogP contribution in [-0.2, 0) is 4.79 Å². The van der Waals surface area contributed by atoms with E-state index in [1.807, 2.05) is 0 Å². The minimum atomic E-state index is -1.03. The van der Waals surface area contributed by atoms with Crippen molar-refractivity contribution in [1.82, 2.24) is 5.32 Å². The average molecular weight is 181 g/mol. The summed E-state index contributed by atoms with van der Waals surface area (Å²) >= 11 is 0. The minimum absolute atomic E-state index is 0. The van der Waals surface area contributed by atoms with Crippen LogP contribution >= 0.6 is 0 Å². The molecule has 0 heterocycles. The first-order valence-electron chi connectivity index (χ1n) is 4.12. The van der Waals surface area contributed by atoms with Gasteiger partial charge in [-0.2, -0.15) is 0 Å². The molecule has 0 saturated heterocycles. The Morgan fingerprint density at radius 2 is 2.08 bits per heavy atom. The SMILES string of the molecule is CCCCCN[C@@H](C)C(=O)[O-].[Na+]. The van der Waals surface area contributed by atoms with E-state index in [9.17, 15) is 9.90 Å². The molecule has 66 valence electrons. The average Bonchev–Trinajstić information content (AvgIpc) is 1.97. The molecule has 0 bridgehead atoms. The second-order valence-electron chi connectivity index (χ2n) is 2.70. The van der Waals surface area contributed by atoms with Crippen LogP contribution in [0.5, 0.6) is 0 Å². The first-order valence-corrected chi connectivity index (χ1v) is 4.12. The van der Waals surface area contributed by atoms with E-state index in [-0.39, 0.29) is 29.6 Å². The summed E-state index contributed by atoms with van der Waals surface area (Å²) < 4.78 is 0. The molecule has 0 spiro atoms. The van der Waals surface area contributed by atoms with Crippen LogP contribution < -0.4 is 40.0 Å². The van der Waals surface area contributed by atoms with E-state index in [0.717, 1.165) is 25.8 Å². The summed E-state index contributed by atoms with van der Waals surface area (Å²) in [5, 5.41) is 13.0. The Bertz CT molecular complexity index is 120. The predicted molar refractivity (Wildman–Crippen MR) is 42.0 cm³/mol. The number of carbonyl (C=O) groups is 1. The molecule has 0 aromatic heterocycles. The number of aliphatic carboxylic acids is 1. The molecule has 0 aliphatic rings. The number of carboxylic acids is 1. The number of rotatable bonds is 6.